The van der Waals surface area contributed by atoms with Gasteiger partial charge in [-0.3, -0.25) is 4.79 Å². The van der Waals surface area contributed by atoms with Crippen LogP contribution in [0.15, 0.2) is 23.0 Å². The van der Waals surface area contributed by atoms with E-state index in [1.54, 1.807) is 0 Å². The van der Waals surface area contributed by atoms with Gasteiger partial charge in [-0.05, 0) is 89.1 Å². The summed E-state index contributed by atoms with van der Waals surface area (Å²) in [5, 5.41) is 5.11. The van der Waals surface area contributed by atoms with Crippen molar-refractivity contribution < 1.29 is 4.74 Å². The Morgan fingerprint density at radius 3 is 2.80 bits per heavy atom. The molecule has 7 heteroatoms. The van der Waals surface area contributed by atoms with E-state index in [0.29, 0.717) is 18.2 Å². The van der Waals surface area contributed by atoms with Crippen molar-refractivity contribution in [1.82, 2.24) is 20.1 Å². The molecule has 2 aromatic rings. The van der Waals surface area contributed by atoms with E-state index >= 15 is 0 Å². The number of hydrogen-bond donors (Lipinski definition) is 2. The van der Waals surface area contributed by atoms with Crippen molar-refractivity contribution in [2.45, 2.75) is 45.8 Å². The molecule has 2 N–H and O–H groups in total. The fourth-order valence-corrected chi connectivity index (χ4v) is 4.25. The quantitative estimate of drug-likeness (QED) is 0.496. The molecular weight excluding hydrogens is 396 g/mol. The first-order chi connectivity index (χ1) is 14.3. The van der Waals surface area contributed by atoms with Crippen LogP contribution in [0.1, 0.15) is 36.0 Å². The van der Waals surface area contributed by atoms with Crippen LogP contribution in [-0.2, 0) is 11.3 Å². The van der Waals surface area contributed by atoms with Crippen LogP contribution in [0.25, 0.3) is 10.9 Å². The van der Waals surface area contributed by atoms with Crippen molar-refractivity contribution in [1.29, 1.82) is 0 Å². The normalized spacial score (nSPS) is 16.4. The van der Waals surface area contributed by atoms with Crippen LogP contribution in [-0.4, -0.2) is 66.3 Å². The topological polar surface area (TPSA) is 60.6 Å². The zero-order valence-electron chi connectivity index (χ0n) is 18.6. The van der Waals surface area contributed by atoms with Crippen molar-refractivity contribution in [3.63, 3.8) is 0 Å². The monoisotopic (exact) mass is 430 g/mol. The highest BCUT2D eigenvalue weighted by molar-refractivity contribution is 7.80. The van der Waals surface area contributed by atoms with E-state index in [1.165, 1.54) is 5.56 Å². The summed E-state index contributed by atoms with van der Waals surface area (Å²) in [6, 6.07) is 6.21. The van der Waals surface area contributed by atoms with Gasteiger partial charge in [-0.1, -0.05) is 11.6 Å². The molecule has 1 fully saturated rings. The van der Waals surface area contributed by atoms with Gasteiger partial charge in [-0.25, -0.2) is 0 Å². The molecule has 0 aliphatic carbocycles. The summed E-state index contributed by atoms with van der Waals surface area (Å²) in [4.78, 5) is 20.1. The van der Waals surface area contributed by atoms with Gasteiger partial charge < -0.3 is 24.8 Å². The summed E-state index contributed by atoms with van der Waals surface area (Å²) in [6.07, 6.45) is 3.29. The second-order valence-corrected chi connectivity index (χ2v) is 8.96. The first kappa shape index (κ1) is 22.7. The first-order valence-corrected chi connectivity index (χ1v) is 11.2. The highest BCUT2D eigenvalue weighted by Gasteiger charge is 2.22. The molecule has 1 aromatic carbocycles. The Kier molecular flexibility index (Phi) is 7.86. The van der Waals surface area contributed by atoms with Crippen LogP contribution in [0.4, 0.5) is 0 Å². The van der Waals surface area contributed by atoms with Crippen molar-refractivity contribution in [3.05, 3.63) is 45.2 Å². The maximum Gasteiger partial charge on any atom is 0.253 e. The van der Waals surface area contributed by atoms with Crippen molar-refractivity contribution in [3.8, 4) is 0 Å². The molecule has 1 saturated heterocycles. The number of fused-ring (bicyclic) bond motifs is 1. The summed E-state index contributed by atoms with van der Waals surface area (Å²) >= 11 is 5.70. The fourth-order valence-electron chi connectivity index (χ4n) is 4.01. The average Bonchev–Trinajstić information content (AvgIpc) is 3.18. The zero-order valence-corrected chi connectivity index (χ0v) is 19.4. The van der Waals surface area contributed by atoms with E-state index in [0.717, 1.165) is 61.0 Å². The third-order valence-corrected chi connectivity index (χ3v) is 5.93. The second kappa shape index (κ2) is 10.4. The lowest BCUT2D eigenvalue weighted by Crippen LogP contribution is -2.44. The molecule has 0 radical (unpaired) electrons. The molecule has 1 atom stereocenters. The minimum atomic E-state index is -0.0535. The molecule has 3 rings (SSSR count). The maximum atomic E-state index is 12.8. The molecule has 2 heterocycles. The van der Waals surface area contributed by atoms with Gasteiger partial charge in [-0.2, -0.15) is 0 Å². The molecule has 0 amide bonds. The number of ether oxygens (including phenoxy) is 1. The predicted octanol–water partition coefficient (Wildman–Crippen LogP) is 2.95. The highest BCUT2D eigenvalue weighted by Crippen LogP contribution is 2.19. The standard InChI is InChI=1S/C23H34N4O2S/c1-16-11-17(2)21-18(12-16)13-19(22(28)25-21)14-27(15-20-7-5-10-29-20)23(30)24-8-6-9-26(3)4/h11-13,20H,5-10,14-15H2,1-4H3,(H,24,30)(H,25,28)/t20-/m1/s1. The number of nitrogens with zero attached hydrogens (tertiary/aromatic N) is 2. The number of hydrogen-bond acceptors (Lipinski definition) is 4. The SMILES string of the molecule is Cc1cc(C)c2[nH]c(=O)c(CN(C[C@H]3CCCO3)C(=S)NCCCN(C)C)cc2c1. The van der Waals surface area contributed by atoms with Crippen LogP contribution < -0.4 is 10.9 Å². The third kappa shape index (κ3) is 6.03. The van der Waals surface area contributed by atoms with E-state index in [1.807, 2.05) is 13.0 Å². The van der Waals surface area contributed by atoms with Gasteiger partial charge >= 0.3 is 0 Å². The van der Waals surface area contributed by atoms with Crippen LogP contribution in [0.5, 0.6) is 0 Å². The summed E-state index contributed by atoms with van der Waals surface area (Å²) in [6.45, 7) is 7.89. The van der Waals surface area contributed by atoms with E-state index in [-0.39, 0.29) is 11.7 Å². The fraction of sp³-hybridized carbons (Fsp3) is 0.565. The Labute approximate surface area is 184 Å². The van der Waals surface area contributed by atoms with E-state index in [2.05, 4.69) is 53.3 Å². The van der Waals surface area contributed by atoms with Crippen molar-refractivity contribution in [2.75, 3.05) is 40.3 Å². The molecule has 0 saturated carbocycles. The van der Waals surface area contributed by atoms with Gasteiger partial charge in [0.2, 0.25) is 0 Å². The van der Waals surface area contributed by atoms with E-state index < -0.39 is 0 Å². The number of aromatic amines is 1. The molecule has 6 nitrogen and oxygen atoms in total. The van der Waals surface area contributed by atoms with Crippen LogP contribution in [0.3, 0.4) is 0 Å². The van der Waals surface area contributed by atoms with Crippen molar-refractivity contribution >= 4 is 28.2 Å². The lowest BCUT2D eigenvalue weighted by atomic mass is 10.1. The first-order valence-electron chi connectivity index (χ1n) is 10.8. The largest absolute Gasteiger partial charge is 0.376 e. The van der Waals surface area contributed by atoms with Crippen LogP contribution in [0, 0.1) is 13.8 Å². The molecule has 164 valence electrons. The number of nitrogens with one attached hydrogen (secondary N) is 2. The Morgan fingerprint density at radius 2 is 2.10 bits per heavy atom. The number of benzene rings is 1. The van der Waals surface area contributed by atoms with Gasteiger partial charge in [0.15, 0.2) is 5.11 Å². The molecule has 0 unspecified atom stereocenters. The number of thiocarbonyl (C=S) groups is 1. The van der Waals surface area contributed by atoms with Crippen LogP contribution >= 0.6 is 12.2 Å². The van der Waals surface area contributed by atoms with Crippen LogP contribution in [0.2, 0.25) is 0 Å². The average molecular weight is 431 g/mol. The Morgan fingerprint density at radius 1 is 1.30 bits per heavy atom. The molecule has 0 spiro atoms. The van der Waals surface area contributed by atoms with Gasteiger partial charge in [-0.15, -0.1) is 0 Å². The maximum absolute atomic E-state index is 12.8. The molecular formula is C23H34N4O2S. The number of aryl methyl sites for hydroxylation is 2. The molecule has 30 heavy (non-hydrogen) atoms. The summed E-state index contributed by atoms with van der Waals surface area (Å²) in [7, 11) is 4.13. The summed E-state index contributed by atoms with van der Waals surface area (Å²) in [5.41, 5.74) is 3.85. The third-order valence-electron chi connectivity index (χ3n) is 5.53. The smallest absolute Gasteiger partial charge is 0.253 e. The molecule has 1 aromatic heterocycles. The molecule has 1 aliphatic heterocycles. The summed E-state index contributed by atoms with van der Waals surface area (Å²) in [5.74, 6) is 0. The zero-order chi connectivity index (χ0) is 21.7. The Hall–Kier alpha value is -1.96. The van der Waals surface area contributed by atoms with E-state index in [9.17, 15) is 4.79 Å². The van der Waals surface area contributed by atoms with Gasteiger partial charge in [0.25, 0.3) is 5.56 Å². The Bertz CT molecular complexity index is 935. The number of aromatic nitrogens is 1. The number of pyridine rings is 1. The van der Waals surface area contributed by atoms with Crippen molar-refractivity contribution in [2.24, 2.45) is 0 Å². The predicted molar refractivity (Wildman–Crippen MR) is 127 cm³/mol. The van der Waals surface area contributed by atoms with Gasteiger partial charge in [0, 0.05) is 25.3 Å². The Balaban J connectivity index is 1.78. The lowest BCUT2D eigenvalue weighted by molar-refractivity contribution is 0.0897. The summed E-state index contributed by atoms with van der Waals surface area (Å²) < 4.78 is 5.84. The second-order valence-electron chi connectivity index (χ2n) is 8.57. The minimum Gasteiger partial charge on any atom is -0.376 e. The highest BCUT2D eigenvalue weighted by atomic mass is 32.1. The number of rotatable bonds is 8. The van der Waals surface area contributed by atoms with Gasteiger partial charge in [0.05, 0.1) is 18.2 Å². The number of H-pyrrole nitrogens is 1. The van der Waals surface area contributed by atoms with E-state index in [4.69, 9.17) is 17.0 Å². The molecule has 1 aliphatic rings. The lowest BCUT2D eigenvalue weighted by Gasteiger charge is -2.28. The minimum absolute atomic E-state index is 0.0535. The van der Waals surface area contributed by atoms with Gasteiger partial charge in [0.1, 0.15) is 0 Å². The molecule has 0 bridgehead atoms.